The zero-order chi connectivity index (χ0) is 27.2. The van der Waals surface area contributed by atoms with Crippen molar-refractivity contribution in [2.75, 3.05) is 0 Å². The SMILES string of the molecule is CCCCCCCCCCCCC1(CCCCCCCCCCCC)CCCCC(C(=O)O)=C1C(=O)O. The van der Waals surface area contributed by atoms with Crippen molar-refractivity contribution in [1.82, 2.24) is 0 Å². The molecule has 0 aromatic rings. The number of aliphatic carboxylic acids is 2. The molecule has 0 spiro atoms. The van der Waals surface area contributed by atoms with Gasteiger partial charge >= 0.3 is 11.9 Å². The molecule has 0 amide bonds. The Bertz CT molecular complexity index is 612. The number of hydrogen-bond donors (Lipinski definition) is 2. The Morgan fingerprint density at radius 2 is 0.946 bits per heavy atom. The summed E-state index contributed by atoms with van der Waals surface area (Å²) >= 11 is 0. The predicted molar refractivity (Wildman–Crippen MR) is 156 cm³/mol. The van der Waals surface area contributed by atoms with Crippen molar-refractivity contribution in [2.24, 2.45) is 5.41 Å². The first-order valence-electron chi connectivity index (χ1n) is 16.2. The van der Waals surface area contributed by atoms with E-state index in [-0.39, 0.29) is 11.1 Å². The van der Waals surface area contributed by atoms with Gasteiger partial charge in [-0.15, -0.1) is 0 Å². The predicted octanol–water partition coefficient (Wildman–Crippen LogP) is 10.6. The lowest BCUT2D eigenvalue weighted by Crippen LogP contribution is -2.30. The van der Waals surface area contributed by atoms with Crippen molar-refractivity contribution in [2.45, 2.75) is 181 Å². The lowest BCUT2D eigenvalue weighted by Gasteiger charge is -2.35. The summed E-state index contributed by atoms with van der Waals surface area (Å²) in [5.74, 6) is -2.01. The molecule has 0 heterocycles. The number of carboxylic acids is 2. The second-order valence-corrected chi connectivity index (χ2v) is 11.8. The first-order valence-corrected chi connectivity index (χ1v) is 16.2. The molecule has 4 heteroatoms. The molecule has 1 aliphatic rings. The molecular formula is C33H60O4. The van der Waals surface area contributed by atoms with E-state index in [1.54, 1.807) is 0 Å². The fourth-order valence-electron chi connectivity index (χ4n) is 6.43. The molecule has 0 saturated heterocycles. The molecule has 1 rings (SSSR count). The summed E-state index contributed by atoms with van der Waals surface area (Å²) in [4.78, 5) is 24.6. The maximum Gasteiger partial charge on any atom is 0.332 e. The second-order valence-electron chi connectivity index (χ2n) is 11.8. The van der Waals surface area contributed by atoms with Crippen molar-refractivity contribution in [3.8, 4) is 0 Å². The summed E-state index contributed by atoms with van der Waals surface area (Å²) in [5.41, 5.74) is -0.0235. The maximum absolute atomic E-state index is 12.5. The smallest absolute Gasteiger partial charge is 0.332 e. The molecule has 0 fully saturated rings. The summed E-state index contributed by atoms with van der Waals surface area (Å²) in [6.07, 6.45) is 29.8. The summed E-state index contributed by atoms with van der Waals surface area (Å²) in [6.45, 7) is 4.50. The van der Waals surface area contributed by atoms with Crippen LogP contribution in [0.15, 0.2) is 11.1 Å². The van der Waals surface area contributed by atoms with Crippen LogP contribution in [-0.2, 0) is 9.59 Å². The third-order valence-corrected chi connectivity index (χ3v) is 8.65. The Balaban J connectivity index is 2.63. The Morgan fingerprint density at radius 3 is 1.30 bits per heavy atom. The molecule has 1 aliphatic carbocycles. The number of unbranched alkanes of at least 4 members (excludes halogenated alkanes) is 18. The summed E-state index contributed by atoms with van der Waals surface area (Å²) < 4.78 is 0. The van der Waals surface area contributed by atoms with E-state index in [2.05, 4.69) is 13.8 Å². The van der Waals surface area contributed by atoms with Gasteiger partial charge in [0.15, 0.2) is 0 Å². The van der Waals surface area contributed by atoms with Crippen molar-refractivity contribution >= 4 is 11.9 Å². The Kier molecular flexibility index (Phi) is 19.7. The van der Waals surface area contributed by atoms with Crippen molar-refractivity contribution < 1.29 is 19.8 Å². The summed E-state index contributed by atoms with van der Waals surface area (Å²) in [6, 6.07) is 0. The maximum atomic E-state index is 12.5. The van der Waals surface area contributed by atoms with Crippen LogP contribution in [0.1, 0.15) is 181 Å². The average molecular weight is 521 g/mol. The van der Waals surface area contributed by atoms with Crippen LogP contribution in [0.25, 0.3) is 0 Å². The van der Waals surface area contributed by atoms with E-state index in [1.165, 1.54) is 103 Å². The van der Waals surface area contributed by atoms with Crippen LogP contribution in [0, 0.1) is 5.41 Å². The third-order valence-electron chi connectivity index (χ3n) is 8.65. The highest BCUT2D eigenvalue weighted by Crippen LogP contribution is 2.47. The quantitative estimate of drug-likeness (QED) is 0.124. The van der Waals surface area contributed by atoms with E-state index in [4.69, 9.17) is 0 Å². The molecule has 0 unspecified atom stereocenters. The summed E-state index contributed by atoms with van der Waals surface area (Å²) in [7, 11) is 0. The van der Waals surface area contributed by atoms with E-state index in [0.29, 0.717) is 6.42 Å². The van der Waals surface area contributed by atoms with Gasteiger partial charge in [-0.1, -0.05) is 149 Å². The van der Waals surface area contributed by atoms with E-state index < -0.39 is 17.4 Å². The Labute approximate surface area is 229 Å². The molecule has 0 aliphatic heterocycles. The monoisotopic (exact) mass is 520 g/mol. The third kappa shape index (κ3) is 14.4. The highest BCUT2D eigenvalue weighted by Gasteiger charge is 2.41. The van der Waals surface area contributed by atoms with Gasteiger partial charge in [0.1, 0.15) is 0 Å². The van der Waals surface area contributed by atoms with Crippen LogP contribution in [0.5, 0.6) is 0 Å². The van der Waals surface area contributed by atoms with Crippen LogP contribution in [0.2, 0.25) is 0 Å². The van der Waals surface area contributed by atoms with Crippen molar-refractivity contribution in [3.63, 3.8) is 0 Å². The van der Waals surface area contributed by atoms with Crippen LogP contribution < -0.4 is 0 Å². The number of hydrogen-bond acceptors (Lipinski definition) is 2. The molecule has 2 N–H and O–H groups in total. The number of carbonyl (C=O) groups is 2. The lowest BCUT2D eigenvalue weighted by molar-refractivity contribution is -0.137. The fourth-order valence-corrected chi connectivity index (χ4v) is 6.43. The van der Waals surface area contributed by atoms with Crippen LogP contribution in [0.3, 0.4) is 0 Å². The first-order chi connectivity index (χ1) is 18.0. The van der Waals surface area contributed by atoms with E-state index in [0.717, 1.165) is 57.8 Å². The minimum atomic E-state index is -1.02. The summed E-state index contributed by atoms with van der Waals surface area (Å²) in [5, 5.41) is 20.1. The van der Waals surface area contributed by atoms with Gasteiger partial charge in [-0.25, -0.2) is 9.59 Å². The Morgan fingerprint density at radius 1 is 0.568 bits per heavy atom. The topological polar surface area (TPSA) is 74.6 Å². The highest BCUT2D eigenvalue weighted by atomic mass is 16.4. The van der Waals surface area contributed by atoms with E-state index >= 15 is 0 Å². The number of carboxylic acid groups (broad SMARTS) is 2. The molecule has 0 aromatic heterocycles. The van der Waals surface area contributed by atoms with Crippen LogP contribution >= 0.6 is 0 Å². The zero-order valence-corrected chi connectivity index (χ0v) is 24.6. The van der Waals surface area contributed by atoms with Crippen LogP contribution in [-0.4, -0.2) is 22.2 Å². The van der Waals surface area contributed by atoms with E-state index in [1.807, 2.05) is 0 Å². The van der Waals surface area contributed by atoms with E-state index in [9.17, 15) is 19.8 Å². The van der Waals surface area contributed by atoms with Gasteiger partial charge in [-0.2, -0.15) is 0 Å². The Hall–Kier alpha value is -1.32. The standard InChI is InChI=1S/C33H60O4/c1-3-5-7-9-11-13-15-17-19-22-26-33(27-23-20-18-16-14-12-10-8-6-4-2)28-24-21-25-29(31(34)35)30(33)32(36)37/h3-28H2,1-2H3,(H,34,35)(H,36,37). The zero-order valence-electron chi connectivity index (χ0n) is 24.6. The first kappa shape index (κ1) is 33.7. The normalized spacial score (nSPS) is 15.6. The molecule has 216 valence electrons. The molecule has 37 heavy (non-hydrogen) atoms. The van der Waals surface area contributed by atoms with Gasteiger partial charge < -0.3 is 10.2 Å². The highest BCUT2D eigenvalue weighted by molar-refractivity contribution is 5.99. The average Bonchev–Trinajstić information content (AvgIpc) is 3.06. The van der Waals surface area contributed by atoms with Crippen molar-refractivity contribution in [1.29, 1.82) is 0 Å². The van der Waals surface area contributed by atoms with Gasteiger partial charge in [0.05, 0.1) is 5.57 Å². The van der Waals surface area contributed by atoms with Gasteiger partial charge in [0.2, 0.25) is 0 Å². The fraction of sp³-hybridized carbons (Fsp3) is 0.879. The molecular weight excluding hydrogens is 460 g/mol. The van der Waals surface area contributed by atoms with Gasteiger partial charge in [-0.05, 0) is 32.1 Å². The minimum absolute atomic E-state index is 0.184. The molecule has 0 bridgehead atoms. The lowest BCUT2D eigenvalue weighted by atomic mass is 9.68. The minimum Gasteiger partial charge on any atom is -0.478 e. The van der Waals surface area contributed by atoms with Crippen LogP contribution in [0.4, 0.5) is 0 Å². The molecule has 0 saturated carbocycles. The largest absolute Gasteiger partial charge is 0.478 e. The van der Waals surface area contributed by atoms with Crippen molar-refractivity contribution in [3.05, 3.63) is 11.1 Å². The van der Waals surface area contributed by atoms with Gasteiger partial charge in [0.25, 0.3) is 0 Å². The second kappa shape index (κ2) is 21.6. The molecule has 0 radical (unpaired) electrons. The molecule has 4 nitrogen and oxygen atoms in total. The number of rotatable bonds is 24. The molecule has 0 atom stereocenters. The molecule has 0 aromatic carbocycles. The van der Waals surface area contributed by atoms with Gasteiger partial charge in [-0.3, -0.25) is 0 Å². The van der Waals surface area contributed by atoms with Gasteiger partial charge in [0, 0.05) is 11.0 Å².